The second-order valence-corrected chi connectivity index (χ2v) is 9.19. The van der Waals surface area contributed by atoms with Gasteiger partial charge in [-0.05, 0) is 29.8 Å². The van der Waals surface area contributed by atoms with Crippen LogP contribution in [0.3, 0.4) is 0 Å². The van der Waals surface area contributed by atoms with Crippen LogP contribution in [-0.2, 0) is 22.7 Å². The Morgan fingerprint density at radius 1 is 1.21 bits per heavy atom. The number of phenolic OH excluding ortho intramolecular Hbond substituents is 1. The molecule has 0 atom stereocenters. The monoisotopic (exact) mass is 492 g/mol. The van der Waals surface area contributed by atoms with Crippen LogP contribution in [0.1, 0.15) is 16.7 Å². The van der Waals surface area contributed by atoms with Crippen LogP contribution >= 0.6 is 0 Å². The van der Waals surface area contributed by atoms with Gasteiger partial charge in [-0.15, -0.1) is 0 Å². The first-order valence-corrected chi connectivity index (χ1v) is 11.4. The molecule has 1 aromatic heterocycles. The van der Waals surface area contributed by atoms with Crippen LogP contribution in [-0.4, -0.2) is 36.8 Å². The zero-order chi connectivity index (χ0) is 25.1. The number of hydrogen-bond donors (Lipinski definition) is 3. The van der Waals surface area contributed by atoms with Gasteiger partial charge in [0.1, 0.15) is 23.2 Å². The average Bonchev–Trinajstić information content (AvgIpc) is 2.76. The number of anilines is 4. The van der Waals surface area contributed by atoms with Crippen LogP contribution in [0.5, 0.6) is 5.75 Å². The highest BCUT2D eigenvalue weighted by atomic mass is 32.2. The fourth-order valence-electron chi connectivity index (χ4n) is 2.86. The van der Waals surface area contributed by atoms with Crippen LogP contribution in [0.4, 0.5) is 36.3 Å². The molecule has 0 aliphatic carbocycles. The van der Waals surface area contributed by atoms with E-state index in [2.05, 4.69) is 20.6 Å². The van der Waals surface area contributed by atoms with E-state index in [4.69, 9.17) is 5.26 Å². The fourth-order valence-corrected chi connectivity index (χ4v) is 3.35. The number of hydrogen-bond acceptors (Lipinski definition) is 8. The maximum atomic E-state index is 13.5. The SMILES string of the molecule is CN(c1cccc(CNc2nc(Nc3ccc(C#N)c(O)c3)ncc2C(F)(F)F)c1)S(C)(=O)=O. The third-order valence-electron chi connectivity index (χ3n) is 4.70. The maximum Gasteiger partial charge on any atom is 0.421 e. The number of nitrogens with one attached hydrogen (secondary N) is 2. The normalized spacial score (nSPS) is 11.5. The molecular formula is C21H19F3N6O3S. The van der Waals surface area contributed by atoms with Crippen molar-refractivity contribution < 1.29 is 26.7 Å². The van der Waals surface area contributed by atoms with Gasteiger partial charge in [0.15, 0.2) is 0 Å². The quantitative estimate of drug-likeness (QED) is 0.454. The summed E-state index contributed by atoms with van der Waals surface area (Å²) in [4.78, 5) is 7.60. The maximum absolute atomic E-state index is 13.5. The fraction of sp³-hybridized carbons (Fsp3) is 0.190. The lowest BCUT2D eigenvalue weighted by Gasteiger charge is -2.18. The first-order valence-electron chi connectivity index (χ1n) is 9.59. The number of phenols is 1. The molecule has 0 bridgehead atoms. The Morgan fingerprint density at radius 2 is 1.94 bits per heavy atom. The molecule has 3 aromatic rings. The molecule has 9 nitrogen and oxygen atoms in total. The molecule has 0 radical (unpaired) electrons. The molecule has 0 unspecified atom stereocenters. The van der Waals surface area contributed by atoms with Crippen molar-refractivity contribution in [2.45, 2.75) is 12.7 Å². The van der Waals surface area contributed by atoms with E-state index >= 15 is 0 Å². The minimum atomic E-state index is -4.73. The van der Waals surface area contributed by atoms with E-state index < -0.39 is 27.6 Å². The van der Waals surface area contributed by atoms with Gasteiger partial charge in [0, 0.05) is 31.5 Å². The lowest BCUT2D eigenvalue weighted by atomic mass is 10.2. The van der Waals surface area contributed by atoms with Crippen molar-refractivity contribution in [3.05, 3.63) is 65.4 Å². The Morgan fingerprint density at radius 3 is 2.56 bits per heavy atom. The van der Waals surface area contributed by atoms with Gasteiger partial charge in [0.05, 0.1) is 17.5 Å². The van der Waals surface area contributed by atoms with Crippen LogP contribution in [0.25, 0.3) is 0 Å². The van der Waals surface area contributed by atoms with Gasteiger partial charge in [-0.25, -0.2) is 13.4 Å². The second kappa shape index (κ2) is 9.44. The van der Waals surface area contributed by atoms with E-state index in [9.17, 15) is 26.7 Å². The van der Waals surface area contributed by atoms with Gasteiger partial charge in [-0.1, -0.05) is 12.1 Å². The first kappa shape index (κ1) is 24.6. The summed E-state index contributed by atoms with van der Waals surface area (Å²) in [5, 5.41) is 24.0. The molecule has 13 heteroatoms. The Bertz CT molecular complexity index is 1360. The van der Waals surface area contributed by atoms with Crippen molar-refractivity contribution in [3.63, 3.8) is 0 Å². The molecular weight excluding hydrogens is 473 g/mol. The summed E-state index contributed by atoms with van der Waals surface area (Å²) < 4.78 is 65.0. The average molecular weight is 492 g/mol. The predicted molar refractivity (Wildman–Crippen MR) is 120 cm³/mol. The number of rotatable bonds is 7. The largest absolute Gasteiger partial charge is 0.506 e. The van der Waals surface area contributed by atoms with E-state index in [0.717, 1.165) is 10.6 Å². The highest BCUT2D eigenvalue weighted by Crippen LogP contribution is 2.34. The summed E-state index contributed by atoms with van der Waals surface area (Å²) in [6.45, 7) is -0.0807. The first-order chi connectivity index (χ1) is 15.9. The molecule has 0 saturated carbocycles. The van der Waals surface area contributed by atoms with Crippen molar-refractivity contribution in [2.24, 2.45) is 0 Å². The standard InChI is InChI=1S/C21H19F3N6O3S/c1-30(34(2,32)33)16-5-3-4-13(8-16)11-26-19-17(21(22,23)24)12-27-20(29-19)28-15-7-6-14(10-25)18(31)9-15/h3-9,12,31H,11H2,1-2H3,(H2,26,27,28,29). The minimum Gasteiger partial charge on any atom is -0.506 e. The van der Waals surface area contributed by atoms with Crippen molar-refractivity contribution in [2.75, 3.05) is 28.2 Å². The Hall–Kier alpha value is -4.05. The van der Waals surface area contributed by atoms with Gasteiger partial charge < -0.3 is 15.7 Å². The molecule has 0 saturated heterocycles. The topological polar surface area (TPSA) is 131 Å². The van der Waals surface area contributed by atoms with E-state index in [-0.39, 0.29) is 29.5 Å². The minimum absolute atomic E-state index is 0.0324. The zero-order valence-electron chi connectivity index (χ0n) is 17.9. The highest BCUT2D eigenvalue weighted by Gasteiger charge is 2.35. The van der Waals surface area contributed by atoms with Gasteiger partial charge in [-0.2, -0.15) is 23.4 Å². The number of halogens is 3. The second-order valence-electron chi connectivity index (χ2n) is 7.18. The summed E-state index contributed by atoms with van der Waals surface area (Å²) in [5.41, 5.74) is 0.0728. The lowest BCUT2D eigenvalue weighted by Crippen LogP contribution is -2.24. The Kier molecular flexibility index (Phi) is 6.83. The smallest absolute Gasteiger partial charge is 0.421 e. The van der Waals surface area contributed by atoms with Crippen molar-refractivity contribution in [3.8, 4) is 11.8 Å². The predicted octanol–water partition coefficient (Wildman–Crippen LogP) is 3.82. The molecule has 2 aromatic carbocycles. The van der Waals surface area contributed by atoms with Crippen molar-refractivity contribution >= 4 is 33.2 Å². The molecule has 0 fully saturated rings. The Labute approximate surface area is 193 Å². The summed E-state index contributed by atoms with van der Waals surface area (Å²) in [6, 6.07) is 12.1. The number of sulfonamides is 1. The van der Waals surface area contributed by atoms with Crippen LogP contribution in [0.15, 0.2) is 48.7 Å². The van der Waals surface area contributed by atoms with Gasteiger partial charge in [0.2, 0.25) is 16.0 Å². The lowest BCUT2D eigenvalue weighted by molar-refractivity contribution is -0.137. The molecule has 3 N–H and O–H groups in total. The van der Waals surface area contributed by atoms with E-state index in [1.54, 1.807) is 24.3 Å². The number of aromatic hydroxyl groups is 1. The molecule has 178 valence electrons. The van der Waals surface area contributed by atoms with Gasteiger partial charge in [0.25, 0.3) is 0 Å². The number of alkyl halides is 3. The number of nitrogens with zero attached hydrogens (tertiary/aromatic N) is 4. The summed E-state index contributed by atoms with van der Waals surface area (Å²) in [6.07, 6.45) is -3.07. The van der Waals surface area contributed by atoms with Crippen LogP contribution < -0.4 is 14.9 Å². The van der Waals surface area contributed by atoms with Crippen molar-refractivity contribution in [1.29, 1.82) is 5.26 Å². The molecule has 0 spiro atoms. The molecule has 0 aliphatic rings. The third kappa shape index (κ3) is 5.84. The number of nitriles is 1. The molecule has 1 heterocycles. The van der Waals surface area contributed by atoms with Crippen LogP contribution in [0, 0.1) is 11.3 Å². The summed E-state index contributed by atoms with van der Waals surface area (Å²) >= 11 is 0. The Balaban J connectivity index is 1.87. The molecule has 3 rings (SSSR count). The van der Waals surface area contributed by atoms with Gasteiger partial charge in [-0.3, -0.25) is 4.31 Å². The third-order valence-corrected chi connectivity index (χ3v) is 5.91. The highest BCUT2D eigenvalue weighted by molar-refractivity contribution is 7.92. The zero-order valence-corrected chi connectivity index (χ0v) is 18.7. The van der Waals surface area contributed by atoms with Crippen LogP contribution in [0.2, 0.25) is 0 Å². The molecule has 0 aliphatic heterocycles. The number of aromatic nitrogens is 2. The number of benzene rings is 2. The van der Waals surface area contributed by atoms with Gasteiger partial charge >= 0.3 is 6.18 Å². The van der Waals surface area contributed by atoms with Crippen molar-refractivity contribution in [1.82, 2.24) is 9.97 Å². The summed E-state index contributed by atoms with van der Waals surface area (Å²) in [7, 11) is -2.14. The molecule has 0 amide bonds. The summed E-state index contributed by atoms with van der Waals surface area (Å²) in [5.74, 6) is -0.980. The van der Waals surface area contributed by atoms with E-state index in [1.165, 1.54) is 31.3 Å². The van der Waals surface area contributed by atoms with E-state index in [0.29, 0.717) is 17.4 Å². The molecule has 34 heavy (non-hydrogen) atoms. The van der Waals surface area contributed by atoms with E-state index in [1.807, 2.05) is 0 Å².